The Labute approximate surface area is 119 Å². The van der Waals surface area contributed by atoms with E-state index in [0.29, 0.717) is 12.5 Å². The third-order valence-electron chi connectivity index (χ3n) is 4.50. The number of imidazole rings is 1. The summed E-state index contributed by atoms with van der Waals surface area (Å²) in [5, 5.41) is 3.38. The summed E-state index contributed by atoms with van der Waals surface area (Å²) in [4.78, 5) is 18.7. The number of hydrogen-bond donors (Lipinski definition) is 2. The normalized spacial score (nSPS) is 22.2. The molecule has 1 fully saturated rings. The van der Waals surface area contributed by atoms with Gasteiger partial charge in [0, 0.05) is 32.0 Å². The quantitative estimate of drug-likeness (QED) is 0.764. The highest BCUT2D eigenvalue weighted by Crippen LogP contribution is 2.40. The van der Waals surface area contributed by atoms with Gasteiger partial charge in [-0.05, 0) is 25.3 Å². The van der Waals surface area contributed by atoms with Crippen molar-refractivity contribution in [2.45, 2.75) is 38.4 Å². The molecule has 1 aliphatic carbocycles. The molecule has 1 aliphatic heterocycles. The lowest BCUT2D eigenvalue weighted by atomic mass is 9.91. The Balaban J connectivity index is 1.75. The van der Waals surface area contributed by atoms with E-state index >= 15 is 0 Å². The fourth-order valence-corrected chi connectivity index (χ4v) is 3.30. The Morgan fingerprint density at radius 1 is 1.55 bits per heavy atom. The maximum Gasteiger partial charge on any atom is 0.239 e. The maximum atomic E-state index is 12.1. The molecule has 1 saturated carbocycles. The van der Waals surface area contributed by atoms with Crippen molar-refractivity contribution in [1.82, 2.24) is 19.8 Å². The average molecular weight is 277 g/mol. The molecule has 0 spiro atoms. The Kier molecular flexibility index (Phi) is 3.52. The van der Waals surface area contributed by atoms with Gasteiger partial charge in [-0.3, -0.25) is 9.69 Å². The van der Waals surface area contributed by atoms with Crippen molar-refractivity contribution in [1.29, 1.82) is 0 Å². The first kappa shape index (κ1) is 13.6. The van der Waals surface area contributed by atoms with Crippen molar-refractivity contribution in [2.24, 2.45) is 11.7 Å². The number of primary amides is 1. The van der Waals surface area contributed by atoms with Crippen molar-refractivity contribution in [3.8, 4) is 0 Å². The third kappa shape index (κ3) is 2.33. The summed E-state index contributed by atoms with van der Waals surface area (Å²) in [5.41, 5.74) is 5.18. The number of aromatic nitrogens is 2. The van der Waals surface area contributed by atoms with Crippen molar-refractivity contribution >= 4 is 5.91 Å². The van der Waals surface area contributed by atoms with E-state index < -0.39 is 5.54 Å². The van der Waals surface area contributed by atoms with Gasteiger partial charge in [0.05, 0.1) is 6.54 Å². The Morgan fingerprint density at radius 3 is 3.00 bits per heavy atom. The van der Waals surface area contributed by atoms with Gasteiger partial charge in [0.2, 0.25) is 5.91 Å². The fraction of sp³-hybridized carbons (Fsp3) is 0.714. The van der Waals surface area contributed by atoms with Gasteiger partial charge in [-0.15, -0.1) is 0 Å². The minimum absolute atomic E-state index is 0.212. The minimum Gasteiger partial charge on any atom is -0.368 e. The van der Waals surface area contributed by atoms with E-state index in [0.717, 1.165) is 44.8 Å². The second kappa shape index (κ2) is 5.18. The summed E-state index contributed by atoms with van der Waals surface area (Å²) >= 11 is 0. The predicted molar refractivity (Wildman–Crippen MR) is 75.8 cm³/mol. The van der Waals surface area contributed by atoms with E-state index in [4.69, 9.17) is 5.73 Å². The first-order chi connectivity index (χ1) is 9.65. The maximum absolute atomic E-state index is 12.1. The van der Waals surface area contributed by atoms with Gasteiger partial charge in [0.25, 0.3) is 0 Å². The number of nitrogens with one attached hydrogen (secondary N) is 1. The van der Waals surface area contributed by atoms with Crippen LogP contribution < -0.4 is 11.1 Å². The van der Waals surface area contributed by atoms with E-state index in [2.05, 4.69) is 19.8 Å². The van der Waals surface area contributed by atoms with Crippen LogP contribution in [0.2, 0.25) is 0 Å². The summed E-state index contributed by atoms with van der Waals surface area (Å²) in [6, 6.07) is 0. The molecule has 3 rings (SSSR count). The Morgan fingerprint density at radius 2 is 2.35 bits per heavy atom. The molecule has 0 bridgehead atoms. The predicted octanol–water partition coefficient (Wildman–Crippen LogP) is -0.0577. The standard InChI is InChI=1S/C14H23N5O/c1-2-17-14(13(15)20,11-3-4-11)10-18-7-8-19-6-5-16-12(19)9-18/h5-6,11,17H,2-4,7-10H2,1H3,(H2,15,20). The number of likely N-dealkylation sites (N-methyl/N-ethyl adjacent to an activating group) is 1. The fourth-order valence-electron chi connectivity index (χ4n) is 3.30. The molecule has 0 aromatic carbocycles. The molecule has 3 N–H and O–H groups in total. The minimum atomic E-state index is -0.566. The van der Waals surface area contributed by atoms with Gasteiger partial charge in [-0.2, -0.15) is 0 Å². The van der Waals surface area contributed by atoms with Gasteiger partial charge in [-0.25, -0.2) is 4.98 Å². The molecule has 20 heavy (non-hydrogen) atoms. The number of fused-ring (bicyclic) bond motifs is 1. The van der Waals surface area contributed by atoms with Crippen LogP contribution in [0.4, 0.5) is 0 Å². The molecular formula is C14H23N5O. The summed E-state index contributed by atoms with van der Waals surface area (Å²) < 4.78 is 2.17. The second-order valence-electron chi connectivity index (χ2n) is 5.89. The molecule has 1 amide bonds. The number of rotatable bonds is 6. The molecule has 1 aromatic rings. The van der Waals surface area contributed by atoms with Crippen molar-refractivity contribution in [2.75, 3.05) is 19.6 Å². The molecule has 2 heterocycles. The largest absolute Gasteiger partial charge is 0.368 e. The summed E-state index contributed by atoms with van der Waals surface area (Å²) in [7, 11) is 0. The molecule has 6 nitrogen and oxygen atoms in total. The van der Waals surface area contributed by atoms with Crippen LogP contribution in [0.5, 0.6) is 0 Å². The van der Waals surface area contributed by atoms with Crippen LogP contribution >= 0.6 is 0 Å². The zero-order chi connectivity index (χ0) is 14.2. The van der Waals surface area contributed by atoms with Crippen LogP contribution in [0.1, 0.15) is 25.6 Å². The first-order valence-corrected chi connectivity index (χ1v) is 7.43. The summed E-state index contributed by atoms with van der Waals surface area (Å²) in [5.74, 6) is 1.25. The van der Waals surface area contributed by atoms with Crippen molar-refractivity contribution in [3.63, 3.8) is 0 Å². The Hall–Kier alpha value is -1.40. The van der Waals surface area contributed by atoms with Crippen molar-refractivity contribution < 1.29 is 4.79 Å². The number of carbonyl (C=O) groups excluding carboxylic acids is 1. The molecule has 110 valence electrons. The SMILES string of the molecule is CCNC(CN1CCn2ccnc2C1)(C(N)=O)C1CC1. The smallest absolute Gasteiger partial charge is 0.239 e. The van der Waals surface area contributed by atoms with Crippen LogP contribution in [-0.2, 0) is 17.9 Å². The van der Waals surface area contributed by atoms with E-state index in [1.165, 1.54) is 0 Å². The topological polar surface area (TPSA) is 76.2 Å². The molecule has 0 saturated heterocycles. The molecule has 6 heteroatoms. The lowest BCUT2D eigenvalue weighted by molar-refractivity contribution is -0.126. The van der Waals surface area contributed by atoms with Crippen LogP contribution in [0.25, 0.3) is 0 Å². The van der Waals surface area contributed by atoms with E-state index in [1.807, 2.05) is 19.3 Å². The highest BCUT2D eigenvalue weighted by molar-refractivity contribution is 5.86. The van der Waals surface area contributed by atoms with Gasteiger partial charge >= 0.3 is 0 Å². The monoisotopic (exact) mass is 277 g/mol. The molecule has 2 aliphatic rings. The number of carbonyl (C=O) groups is 1. The van der Waals surface area contributed by atoms with Crippen LogP contribution in [-0.4, -0.2) is 45.5 Å². The van der Waals surface area contributed by atoms with Crippen LogP contribution in [0, 0.1) is 5.92 Å². The summed E-state index contributed by atoms with van der Waals surface area (Å²) in [6.07, 6.45) is 6.04. The number of nitrogens with zero attached hydrogens (tertiary/aromatic N) is 3. The lowest BCUT2D eigenvalue weighted by Gasteiger charge is -2.38. The zero-order valence-electron chi connectivity index (χ0n) is 12.0. The molecule has 1 aromatic heterocycles. The van der Waals surface area contributed by atoms with Gasteiger partial charge < -0.3 is 15.6 Å². The Bertz CT molecular complexity index is 496. The molecule has 1 atom stereocenters. The first-order valence-electron chi connectivity index (χ1n) is 7.43. The van der Waals surface area contributed by atoms with E-state index in [9.17, 15) is 4.79 Å². The lowest BCUT2D eigenvalue weighted by Crippen LogP contribution is -2.63. The number of hydrogen-bond acceptors (Lipinski definition) is 4. The van der Waals surface area contributed by atoms with Gasteiger partial charge in [0.1, 0.15) is 11.4 Å². The molecule has 0 radical (unpaired) electrons. The third-order valence-corrected chi connectivity index (χ3v) is 4.50. The van der Waals surface area contributed by atoms with Crippen molar-refractivity contribution in [3.05, 3.63) is 18.2 Å². The molecular weight excluding hydrogens is 254 g/mol. The molecule has 1 unspecified atom stereocenters. The van der Waals surface area contributed by atoms with Gasteiger partial charge in [0.15, 0.2) is 0 Å². The van der Waals surface area contributed by atoms with Crippen LogP contribution in [0.15, 0.2) is 12.4 Å². The number of nitrogens with two attached hydrogens (primary N) is 1. The van der Waals surface area contributed by atoms with Gasteiger partial charge in [-0.1, -0.05) is 6.92 Å². The second-order valence-corrected chi connectivity index (χ2v) is 5.89. The average Bonchev–Trinajstić information content (AvgIpc) is 3.17. The van der Waals surface area contributed by atoms with Crippen LogP contribution in [0.3, 0.4) is 0 Å². The van der Waals surface area contributed by atoms with E-state index in [-0.39, 0.29) is 5.91 Å². The van der Waals surface area contributed by atoms with E-state index in [1.54, 1.807) is 0 Å². The highest BCUT2D eigenvalue weighted by atomic mass is 16.1. The number of amides is 1. The highest BCUT2D eigenvalue weighted by Gasteiger charge is 2.50. The zero-order valence-corrected chi connectivity index (χ0v) is 12.0. The summed E-state index contributed by atoms with van der Waals surface area (Å²) in [6.45, 7) is 6.15.